The molecule has 1 aromatic heterocycles. The van der Waals surface area contributed by atoms with Crippen molar-refractivity contribution in [3.05, 3.63) is 30.0 Å². The molecule has 22 heavy (non-hydrogen) atoms. The number of fused-ring (bicyclic) bond motifs is 1. The highest BCUT2D eigenvalue weighted by Gasteiger charge is 2.34. The molecule has 0 aliphatic heterocycles. The van der Waals surface area contributed by atoms with Crippen LogP contribution in [0.15, 0.2) is 24.4 Å². The zero-order valence-corrected chi connectivity index (χ0v) is 13.1. The number of likely N-dealkylation sites (N-methyl/N-ethyl adjacent to an activating group) is 1. The van der Waals surface area contributed by atoms with Crippen molar-refractivity contribution in [3.8, 4) is 5.75 Å². The topological polar surface area (TPSA) is 71.3 Å². The Morgan fingerprint density at radius 2 is 2.23 bits per heavy atom. The van der Waals surface area contributed by atoms with Crippen LogP contribution in [0.4, 0.5) is 0 Å². The lowest BCUT2D eigenvalue weighted by molar-refractivity contribution is -0.136. The maximum atomic E-state index is 12.2. The highest BCUT2D eigenvalue weighted by atomic mass is 16.5. The molecule has 3 rings (SSSR count). The van der Waals surface area contributed by atoms with Gasteiger partial charge in [0.1, 0.15) is 11.8 Å². The molecular weight excluding hydrogens is 278 g/mol. The molecule has 1 fully saturated rings. The molecule has 5 heteroatoms. The van der Waals surface area contributed by atoms with E-state index in [0.29, 0.717) is 11.7 Å². The smallest absolute Gasteiger partial charge is 0.328 e. The first-order chi connectivity index (χ1) is 10.6. The molecule has 1 aromatic carbocycles. The minimum absolute atomic E-state index is 0.297. The summed E-state index contributed by atoms with van der Waals surface area (Å²) in [5, 5.41) is 0.987. The van der Waals surface area contributed by atoms with Crippen LogP contribution in [0.1, 0.15) is 18.4 Å². The second-order valence-corrected chi connectivity index (χ2v) is 6.33. The summed E-state index contributed by atoms with van der Waals surface area (Å²) in [4.78, 5) is 17.6. The van der Waals surface area contributed by atoms with Crippen LogP contribution in [-0.2, 0) is 11.2 Å². The summed E-state index contributed by atoms with van der Waals surface area (Å²) in [5.74, 6) is 0.578. The van der Waals surface area contributed by atoms with E-state index in [9.17, 15) is 4.79 Å². The first-order valence-electron chi connectivity index (χ1n) is 7.77. The second kappa shape index (κ2) is 6.10. The summed E-state index contributed by atoms with van der Waals surface area (Å²) in [6.45, 7) is 0.941. The lowest BCUT2D eigenvalue weighted by atomic mass is 10.1. The molecule has 0 saturated heterocycles. The monoisotopic (exact) mass is 301 g/mol. The van der Waals surface area contributed by atoms with Gasteiger partial charge in [-0.05, 0) is 57.0 Å². The third kappa shape index (κ3) is 3.15. The van der Waals surface area contributed by atoms with Gasteiger partial charge in [0.25, 0.3) is 0 Å². The molecule has 5 nitrogen and oxygen atoms in total. The van der Waals surface area contributed by atoms with Gasteiger partial charge in [-0.2, -0.15) is 0 Å². The van der Waals surface area contributed by atoms with Crippen LogP contribution in [0.25, 0.3) is 10.9 Å². The molecule has 0 bridgehead atoms. The van der Waals surface area contributed by atoms with E-state index < -0.39 is 6.04 Å². The number of nitrogens with two attached hydrogens (primary N) is 1. The highest BCUT2D eigenvalue weighted by Crippen LogP contribution is 2.34. The van der Waals surface area contributed by atoms with E-state index in [4.69, 9.17) is 10.5 Å². The number of ether oxygens (including phenoxy) is 1. The third-order valence-electron chi connectivity index (χ3n) is 4.19. The van der Waals surface area contributed by atoms with Crippen LogP contribution in [0.2, 0.25) is 0 Å². The van der Waals surface area contributed by atoms with Gasteiger partial charge in [0.05, 0.1) is 0 Å². The van der Waals surface area contributed by atoms with Crippen molar-refractivity contribution >= 4 is 16.9 Å². The normalized spacial score (nSPS) is 16.2. The number of nitrogens with one attached hydrogen (secondary N) is 1. The van der Waals surface area contributed by atoms with Crippen molar-refractivity contribution in [3.63, 3.8) is 0 Å². The van der Waals surface area contributed by atoms with E-state index in [2.05, 4.69) is 9.88 Å². The van der Waals surface area contributed by atoms with Crippen LogP contribution in [0.5, 0.6) is 5.75 Å². The van der Waals surface area contributed by atoms with Crippen LogP contribution < -0.4 is 10.5 Å². The van der Waals surface area contributed by atoms with Gasteiger partial charge in [-0.15, -0.1) is 0 Å². The zero-order valence-electron chi connectivity index (χ0n) is 13.1. The number of nitrogens with zero attached hydrogens (tertiary/aromatic N) is 1. The minimum Gasteiger partial charge on any atom is -0.425 e. The fraction of sp³-hybridized carbons (Fsp3) is 0.471. The van der Waals surface area contributed by atoms with Gasteiger partial charge >= 0.3 is 5.97 Å². The number of rotatable bonds is 6. The van der Waals surface area contributed by atoms with E-state index in [-0.39, 0.29) is 5.97 Å². The second-order valence-electron chi connectivity index (χ2n) is 6.33. The van der Waals surface area contributed by atoms with E-state index in [1.807, 2.05) is 38.5 Å². The molecule has 0 amide bonds. The molecular formula is C17H23N3O2. The maximum absolute atomic E-state index is 12.2. The molecule has 0 spiro atoms. The number of hydrogen-bond donors (Lipinski definition) is 2. The van der Waals surface area contributed by atoms with Crippen LogP contribution in [-0.4, -0.2) is 42.5 Å². The van der Waals surface area contributed by atoms with Crippen LogP contribution >= 0.6 is 0 Å². The molecule has 3 N–H and O–H groups in total. The summed E-state index contributed by atoms with van der Waals surface area (Å²) < 4.78 is 5.60. The third-order valence-corrected chi connectivity index (χ3v) is 4.19. The van der Waals surface area contributed by atoms with Gasteiger partial charge in [-0.1, -0.05) is 6.07 Å². The predicted octanol–water partition coefficient (Wildman–Crippen LogP) is 1.91. The van der Waals surface area contributed by atoms with E-state index in [0.717, 1.165) is 42.3 Å². The molecule has 0 unspecified atom stereocenters. The zero-order chi connectivity index (χ0) is 15.7. The lowest BCUT2D eigenvalue weighted by Crippen LogP contribution is -2.36. The first-order valence-corrected chi connectivity index (χ1v) is 7.77. The quantitative estimate of drug-likeness (QED) is 0.631. The molecule has 118 valence electrons. The maximum Gasteiger partial charge on any atom is 0.328 e. The predicted molar refractivity (Wildman–Crippen MR) is 86.9 cm³/mol. The molecule has 1 atom stereocenters. The van der Waals surface area contributed by atoms with Gasteiger partial charge in [0.15, 0.2) is 0 Å². The number of carbonyl (C=O) groups is 1. The number of esters is 1. The largest absolute Gasteiger partial charge is 0.425 e. The van der Waals surface area contributed by atoms with Crippen molar-refractivity contribution in [1.29, 1.82) is 0 Å². The van der Waals surface area contributed by atoms with Crippen molar-refractivity contribution in [2.75, 3.05) is 20.6 Å². The Morgan fingerprint density at radius 1 is 1.45 bits per heavy atom. The van der Waals surface area contributed by atoms with Crippen LogP contribution in [0, 0.1) is 5.92 Å². The van der Waals surface area contributed by atoms with Crippen molar-refractivity contribution in [2.45, 2.75) is 25.3 Å². The van der Waals surface area contributed by atoms with Gasteiger partial charge in [0.2, 0.25) is 0 Å². The highest BCUT2D eigenvalue weighted by molar-refractivity contribution is 5.92. The number of carbonyl (C=O) groups excluding carboxylic acids is 1. The Balaban J connectivity index is 1.84. The average molecular weight is 301 g/mol. The number of benzene rings is 1. The summed E-state index contributed by atoms with van der Waals surface area (Å²) in [7, 11) is 4.09. The van der Waals surface area contributed by atoms with Gasteiger partial charge in [-0.25, -0.2) is 4.79 Å². The average Bonchev–Trinajstić information content (AvgIpc) is 3.25. The van der Waals surface area contributed by atoms with E-state index >= 15 is 0 Å². The first kappa shape index (κ1) is 15.1. The summed E-state index contributed by atoms with van der Waals surface area (Å²) >= 11 is 0. The Morgan fingerprint density at radius 3 is 2.91 bits per heavy atom. The molecule has 1 aliphatic carbocycles. The van der Waals surface area contributed by atoms with Gasteiger partial charge in [-0.3, -0.25) is 0 Å². The van der Waals surface area contributed by atoms with E-state index in [1.165, 1.54) is 0 Å². The van der Waals surface area contributed by atoms with Crippen molar-refractivity contribution in [2.24, 2.45) is 11.7 Å². The van der Waals surface area contributed by atoms with Crippen LogP contribution in [0.3, 0.4) is 0 Å². The van der Waals surface area contributed by atoms with E-state index in [1.54, 1.807) is 0 Å². The Kier molecular flexibility index (Phi) is 4.18. The summed E-state index contributed by atoms with van der Waals surface area (Å²) in [5.41, 5.74) is 8.08. The number of H-pyrrole nitrogens is 1. The number of aromatic nitrogens is 1. The molecule has 1 aliphatic rings. The Hall–Kier alpha value is -1.85. The van der Waals surface area contributed by atoms with Gasteiger partial charge < -0.3 is 20.4 Å². The SMILES string of the molecule is CN(C)CCc1c[nH]c2cccc(OC(=O)[C@@H](N)C3CC3)c12. The fourth-order valence-electron chi connectivity index (χ4n) is 2.67. The number of hydrogen-bond acceptors (Lipinski definition) is 4. The molecule has 0 radical (unpaired) electrons. The molecule has 1 saturated carbocycles. The molecule has 2 aromatic rings. The summed E-state index contributed by atoms with van der Waals surface area (Å²) in [6, 6.07) is 5.22. The Labute approximate surface area is 130 Å². The Bertz CT molecular complexity index is 674. The fourth-order valence-corrected chi connectivity index (χ4v) is 2.67. The summed E-state index contributed by atoms with van der Waals surface area (Å²) in [6.07, 6.45) is 4.94. The van der Waals surface area contributed by atoms with Crippen molar-refractivity contribution in [1.82, 2.24) is 9.88 Å². The minimum atomic E-state index is -0.501. The standard InChI is InChI=1S/C17H23N3O2/c1-20(2)9-8-12-10-19-13-4-3-5-14(15(12)13)22-17(21)16(18)11-6-7-11/h3-5,10-11,16,19H,6-9,18H2,1-2H3/t16-/m0/s1. The number of aromatic amines is 1. The van der Waals surface area contributed by atoms with Gasteiger partial charge in [0, 0.05) is 23.6 Å². The van der Waals surface area contributed by atoms with Crippen molar-refractivity contribution < 1.29 is 9.53 Å². The lowest BCUT2D eigenvalue weighted by Gasteiger charge is -2.12. The molecule has 1 heterocycles.